The monoisotopic (exact) mass is 270 g/mol. The van der Waals surface area contributed by atoms with Gasteiger partial charge >= 0.3 is 0 Å². The van der Waals surface area contributed by atoms with Gasteiger partial charge in [0.1, 0.15) is 0 Å². The highest BCUT2D eigenvalue weighted by Crippen LogP contribution is 2.18. The summed E-state index contributed by atoms with van der Waals surface area (Å²) in [5, 5.41) is 2.95. The highest BCUT2D eigenvalue weighted by atomic mass is 19.1. The van der Waals surface area contributed by atoms with Crippen LogP contribution in [0.3, 0.4) is 0 Å². The van der Waals surface area contributed by atoms with Crippen molar-refractivity contribution >= 4 is 11.6 Å². The third-order valence-electron chi connectivity index (χ3n) is 3.32. The van der Waals surface area contributed by atoms with Gasteiger partial charge in [-0.2, -0.15) is 0 Å². The van der Waals surface area contributed by atoms with Crippen molar-refractivity contribution in [1.29, 1.82) is 0 Å². The van der Waals surface area contributed by atoms with Gasteiger partial charge in [-0.15, -0.1) is 0 Å². The van der Waals surface area contributed by atoms with Crippen LogP contribution >= 0.6 is 0 Å². The summed E-state index contributed by atoms with van der Waals surface area (Å²) >= 11 is 0. The van der Waals surface area contributed by atoms with Crippen molar-refractivity contribution in [2.24, 2.45) is 0 Å². The fraction of sp³-hybridized carbons (Fsp3) is 0.615. The van der Waals surface area contributed by atoms with Crippen LogP contribution in [0, 0.1) is 11.6 Å². The number of anilines is 2. The van der Waals surface area contributed by atoms with E-state index in [1.165, 1.54) is 19.3 Å². The van der Waals surface area contributed by atoms with E-state index in [1.807, 2.05) is 6.92 Å². The number of nitrogens with one attached hydrogen (secondary N) is 1. The summed E-state index contributed by atoms with van der Waals surface area (Å²) in [6, 6.07) is 0.795. The first-order chi connectivity index (χ1) is 9.06. The van der Waals surface area contributed by atoms with Crippen molar-refractivity contribution in [3.63, 3.8) is 0 Å². The number of hydrogen-bond acceptors (Lipinski definition) is 4. The zero-order valence-corrected chi connectivity index (χ0v) is 11.1. The summed E-state index contributed by atoms with van der Waals surface area (Å²) in [5.41, 5.74) is 5.35. The lowest BCUT2D eigenvalue weighted by Crippen LogP contribution is -2.38. The first-order valence-electron chi connectivity index (χ1n) is 6.66. The Bertz CT molecular complexity index is 433. The molecule has 106 valence electrons. The average molecular weight is 270 g/mol. The van der Waals surface area contributed by atoms with E-state index in [0.29, 0.717) is 0 Å². The Morgan fingerprint density at radius 1 is 1.32 bits per heavy atom. The summed E-state index contributed by atoms with van der Waals surface area (Å²) in [6.45, 7) is 4.93. The molecule has 2 rings (SSSR count). The lowest BCUT2D eigenvalue weighted by atomic mass is 10.1. The fourth-order valence-electron chi connectivity index (χ4n) is 2.39. The minimum absolute atomic E-state index is 0.0170. The van der Waals surface area contributed by atoms with Gasteiger partial charge in [0.25, 0.3) is 0 Å². The molecule has 1 unspecified atom stereocenters. The van der Waals surface area contributed by atoms with E-state index in [0.717, 1.165) is 25.7 Å². The zero-order chi connectivity index (χ0) is 13.8. The minimum Gasteiger partial charge on any atom is -0.381 e. The SMILES string of the molecule is CC(CN1CCCCC1)Nc1nc(N)c(F)cc1F. The first kappa shape index (κ1) is 14.0. The number of hydrogen-bond donors (Lipinski definition) is 2. The Labute approximate surface area is 112 Å². The molecule has 1 aromatic heterocycles. The van der Waals surface area contributed by atoms with Gasteiger partial charge in [-0.3, -0.25) is 0 Å². The van der Waals surface area contributed by atoms with Gasteiger partial charge in [0.05, 0.1) is 0 Å². The molecule has 1 saturated heterocycles. The Morgan fingerprint density at radius 2 is 2.00 bits per heavy atom. The third kappa shape index (κ3) is 3.76. The zero-order valence-electron chi connectivity index (χ0n) is 11.1. The number of nitrogen functional groups attached to an aromatic ring is 1. The first-order valence-corrected chi connectivity index (χ1v) is 6.66. The maximum atomic E-state index is 13.5. The van der Waals surface area contributed by atoms with Crippen molar-refractivity contribution in [2.45, 2.75) is 32.2 Å². The maximum absolute atomic E-state index is 13.5. The second-order valence-electron chi connectivity index (χ2n) is 5.09. The summed E-state index contributed by atoms with van der Waals surface area (Å²) in [7, 11) is 0. The van der Waals surface area contributed by atoms with E-state index in [-0.39, 0.29) is 17.7 Å². The van der Waals surface area contributed by atoms with E-state index in [1.54, 1.807) is 0 Å². The lowest BCUT2D eigenvalue weighted by Gasteiger charge is -2.29. The largest absolute Gasteiger partial charge is 0.381 e. The normalized spacial score (nSPS) is 18.3. The molecule has 4 nitrogen and oxygen atoms in total. The van der Waals surface area contributed by atoms with Crippen LogP contribution in [0.2, 0.25) is 0 Å². The van der Waals surface area contributed by atoms with Crippen LogP contribution in [-0.2, 0) is 0 Å². The van der Waals surface area contributed by atoms with Gasteiger partial charge in [-0.1, -0.05) is 6.42 Å². The Morgan fingerprint density at radius 3 is 2.68 bits per heavy atom. The molecule has 0 aromatic carbocycles. The van der Waals surface area contributed by atoms with Crippen LogP contribution in [-0.4, -0.2) is 35.6 Å². The number of rotatable bonds is 4. The van der Waals surface area contributed by atoms with Crippen LogP contribution in [0.4, 0.5) is 20.4 Å². The molecule has 1 aromatic rings. The lowest BCUT2D eigenvalue weighted by molar-refractivity contribution is 0.223. The molecule has 3 N–H and O–H groups in total. The van der Waals surface area contributed by atoms with E-state index in [9.17, 15) is 8.78 Å². The average Bonchev–Trinajstić information content (AvgIpc) is 2.37. The fourth-order valence-corrected chi connectivity index (χ4v) is 2.39. The molecule has 0 radical (unpaired) electrons. The summed E-state index contributed by atoms with van der Waals surface area (Å²) in [6.07, 6.45) is 3.70. The molecule has 1 aliphatic rings. The molecule has 0 amide bonds. The molecule has 0 saturated carbocycles. The predicted octanol–water partition coefficient (Wildman–Crippen LogP) is 2.23. The molecule has 1 atom stereocenters. The van der Waals surface area contributed by atoms with Crippen molar-refractivity contribution < 1.29 is 8.78 Å². The van der Waals surface area contributed by atoms with Crippen molar-refractivity contribution in [3.05, 3.63) is 17.7 Å². The highest BCUT2D eigenvalue weighted by molar-refractivity contribution is 5.45. The van der Waals surface area contributed by atoms with Gasteiger partial charge in [-0.05, 0) is 32.9 Å². The molecule has 0 bridgehead atoms. The van der Waals surface area contributed by atoms with Crippen LogP contribution < -0.4 is 11.1 Å². The number of piperidine rings is 1. The van der Waals surface area contributed by atoms with Gasteiger partial charge in [0.15, 0.2) is 23.3 Å². The van der Waals surface area contributed by atoms with Gasteiger partial charge in [0, 0.05) is 18.7 Å². The van der Waals surface area contributed by atoms with Gasteiger partial charge in [0.2, 0.25) is 0 Å². The van der Waals surface area contributed by atoms with E-state index >= 15 is 0 Å². The Hall–Kier alpha value is -1.43. The van der Waals surface area contributed by atoms with E-state index in [4.69, 9.17) is 5.73 Å². The molecular weight excluding hydrogens is 250 g/mol. The molecule has 19 heavy (non-hydrogen) atoms. The smallest absolute Gasteiger partial charge is 0.168 e. The maximum Gasteiger partial charge on any atom is 0.168 e. The number of nitrogens with zero attached hydrogens (tertiary/aromatic N) is 2. The van der Waals surface area contributed by atoms with Gasteiger partial charge in [-0.25, -0.2) is 13.8 Å². The topological polar surface area (TPSA) is 54.2 Å². The van der Waals surface area contributed by atoms with Crippen molar-refractivity contribution in [1.82, 2.24) is 9.88 Å². The van der Waals surface area contributed by atoms with Crippen molar-refractivity contribution in [3.8, 4) is 0 Å². The Balaban J connectivity index is 1.94. The molecule has 1 fully saturated rings. The standard InChI is InChI=1S/C13H20F2N4/c1-9(8-19-5-3-2-4-6-19)17-13-11(15)7-10(14)12(16)18-13/h7,9H,2-6,8H2,1H3,(H3,16,17,18). The molecular formula is C13H20F2N4. The molecule has 1 aliphatic heterocycles. The quantitative estimate of drug-likeness (QED) is 0.881. The molecule has 0 aliphatic carbocycles. The second-order valence-corrected chi connectivity index (χ2v) is 5.09. The predicted molar refractivity (Wildman–Crippen MR) is 71.9 cm³/mol. The van der Waals surface area contributed by atoms with Crippen LogP contribution in [0.15, 0.2) is 6.07 Å². The summed E-state index contributed by atoms with van der Waals surface area (Å²) < 4.78 is 26.5. The Kier molecular flexibility index (Phi) is 4.52. The number of halogens is 2. The molecule has 6 heteroatoms. The number of aromatic nitrogens is 1. The van der Waals surface area contributed by atoms with Gasteiger partial charge < -0.3 is 16.0 Å². The second kappa shape index (κ2) is 6.14. The third-order valence-corrected chi connectivity index (χ3v) is 3.32. The number of likely N-dealkylation sites (tertiary alicyclic amines) is 1. The van der Waals surface area contributed by atoms with Crippen LogP contribution in [0.1, 0.15) is 26.2 Å². The van der Waals surface area contributed by atoms with E-state index in [2.05, 4.69) is 15.2 Å². The minimum atomic E-state index is -0.827. The number of pyridine rings is 1. The highest BCUT2D eigenvalue weighted by Gasteiger charge is 2.16. The summed E-state index contributed by atoms with van der Waals surface area (Å²) in [5.74, 6) is -1.80. The van der Waals surface area contributed by atoms with Crippen LogP contribution in [0.5, 0.6) is 0 Å². The van der Waals surface area contributed by atoms with E-state index < -0.39 is 11.6 Å². The van der Waals surface area contributed by atoms with Crippen molar-refractivity contribution in [2.75, 3.05) is 30.7 Å². The molecule has 2 heterocycles. The molecule has 0 spiro atoms. The van der Waals surface area contributed by atoms with Crippen LogP contribution in [0.25, 0.3) is 0 Å². The summed E-state index contributed by atoms with van der Waals surface area (Å²) in [4.78, 5) is 6.04. The number of nitrogens with two attached hydrogens (primary N) is 1.